The second kappa shape index (κ2) is 10.9. The quantitative estimate of drug-likeness (QED) is 0.399. The zero-order chi connectivity index (χ0) is 22.3. The summed E-state index contributed by atoms with van der Waals surface area (Å²) < 4.78 is 7.66. The Bertz CT molecular complexity index is 1090. The van der Waals surface area contributed by atoms with Crippen molar-refractivity contribution in [3.05, 3.63) is 69.3 Å². The summed E-state index contributed by atoms with van der Waals surface area (Å²) in [6, 6.07) is 16.3. The van der Waals surface area contributed by atoms with Gasteiger partial charge in [-0.25, -0.2) is 4.68 Å². The molecule has 1 unspecified atom stereocenters. The van der Waals surface area contributed by atoms with Crippen LogP contribution in [-0.4, -0.2) is 43.2 Å². The molecule has 0 saturated carbocycles. The minimum absolute atomic E-state index is 0.209. The maximum atomic E-state index is 6.09. The second-order valence-electron chi connectivity index (χ2n) is 7.71. The number of benzene rings is 2. The molecule has 0 radical (unpaired) electrons. The lowest BCUT2D eigenvalue weighted by atomic mass is 10.2. The van der Waals surface area contributed by atoms with Gasteiger partial charge in [0, 0.05) is 41.3 Å². The van der Waals surface area contributed by atoms with Crippen molar-refractivity contribution in [3.63, 3.8) is 0 Å². The Labute approximate surface area is 198 Å². The molecule has 1 atom stereocenters. The van der Waals surface area contributed by atoms with Crippen LogP contribution in [0.25, 0.3) is 11.3 Å². The molecule has 2 aromatic carbocycles. The Morgan fingerprint density at radius 3 is 2.53 bits per heavy atom. The number of halogens is 1. The van der Waals surface area contributed by atoms with Gasteiger partial charge in [0.2, 0.25) is 4.80 Å². The molecule has 0 N–H and O–H groups in total. The van der Waals surface area contributed by atoms with Gasteiger partial charge in [0.15, 0.2) is 0 Å². The summed E-state index contributed by atoms with van der Waals surface area (Å²) in [6.07, 6.45) is 4.29. The van der Waals surface area contributed by atoms with E-state index in [2.05, 4.69) is 48.4 Å². The number of rotatable bonds is 8. The van der Waals surface area contributed by atoms with Crippen LogP contribution < -0.4 is 9.70 Å². The van der Waals surface area contributed by atoms with Crippen LogP contribution in [0.5, 0.6) is 0 Å². The molecule has 4 rings (SSSR count). The van der Waals surface area contributed by atoms with Gasteiger partial charge in [0.05, 0.1) is 24.6 Å². The molecule has 7 heteroatoms. The first-order valence-corrected chi connectivity index (χ1v) is 12.4. The van der Waals surface area contributed by atoms with Gasteiger partial charge in [-0.1, -0.05) is 35.9 Å². The number of aromatic nitrogens is 1. The molecular weight excluding hydrogens is 440 g/mol. The highest BCUT2D eigenvalue weighted by Crippen LogP contribution is 2.22. The van der Waals surface area contributed by atoms with Gasteiger partial charge in [0.1, 0.15) is 0 Å². The highest BCUT2D eigenvalue weighted by molar-refractivity contribution is 7.07. The zero-order valence-corrected chi connectivity index (χ0v) is 20.1. The molecule has 0 amide bonds. The van der Waals surface area contributed by atoms with Gasteiger partial charge in [-0.2, -0.15) is 5.10 Å². The van der Waals surface area contributed by atoms with E-state index < -0.39 is 0 Å². The summed E-state index contributed by atoms with van der Waals surface area (Å²) in [5.74, 6) is 0. The molecule has 1 aliphatic heterocycles. The fourth-order valence-electron chi connectivity index (χ4n) is 3.79. The van der Waals surface area contributed by atoms with E-state index in [1.54, 1.807) is 11.3 Å². The van der Waals surface area contributed by atoms with Crippen LogP contribution in [0.15, 0.2) is 64.0 Å². The number of ether oxygens (including phenoxy) is 1. The van der Waals surface area contributed by atoms with E-state index in [0.717, 1.165) is 59.2 Å². The summed E-state index contributed by atoms with van der Waals surface area (Å²) in [4.78, 5) is 8.02. The first-order chi connectivity index (χ1) is 15.7. The van der Waals surface area contributed by atoms with E-state index in [1.165, 1.54) is 5.69 Å². The number of thiazole rings is 1. The monoisotopic (exact) mass is 468 g/mol. The van der Waals surface area contributed by atoms with E-state index >= 15 is 0 Å². The lowest BCUT2D eigenvalue weighted by molar-refractivity contribution is 0.117. The summed E-state index contributed by atoms with van der Waals surface area (Å²) >= 11 is 7.69. The third-order valence-corrected chi connectivity index (χ3v) is 6.73. The third-order valence-electron chi connectivity index (χ3n) is 5.62. The topological polar surface area (TPSA) is 42.1 Å². The summed E-state index contributed by atoms with van der Waals surface area (Å²) in [6.45, 7) is 7.83. The van der Waals surface area contributed by atoms with Crippen LogP contribution in [0, 0.1) is 0 Å². The minimum Gasteiger partial charge on any atom is -0.376 e. The van der Waals surface area contributed by atoms with E-state index in [0.29, 0.717) is 6.54 Å². The molecule has 168 valence electrons. The van der Waals surface area contributed by atoms with Gasteiger partial charge >= 0.3 is 0 Å². The van der Waals surface area contributed by atoms with Crippen LogP contribution in [0.4, 0.5) is 5.69 Å². The first kappa shape index (κ1) is 22.8. The molecule has 3 aromatic rings. The van der Waals surface area contributed by atoms with E-state index in [4.69, 9.17) is 26.4 Å². The Morgan fingerprint density at radius 1 is 1.12 bits per heavy atom. The van der Waals surface area contributed by atoms with E-state index in [1.807, 2.05) is 35.2 Å². The third kappa shape index (κ3) is 5.49. The van der Waals surface area contributed by atoms with Crippen molar-refractivity contribution in [1.82, 2.24) is 4.68 Å². The van der Waals surface area contributed by atoms with Crippen molar-refractivity contribution in [3.8, 4) is 11.3 Å². The molecule has 0 aliphatic carbocycles. The predicted octanol–water partition coefficient (Wildman–Crippen LogP) is 5.68. The van der Waals surface area contributed by atoms with Gasteiger partial charge in [-0.05, 0) is 56.5 Å². The number of nitrogens with zero attached hydrogens (tertiary/aromatic N) is 4. The van der Waals surface area contributed by atoms with Crippen LogP contribution in [-0.2, 0) is 4.74 Å². The molecule has 1 aromatic heterocycles. The maximum absolute atomic E-state index is 6.09. The van der Waals surface area contributed by atoms with E-state index in [-0.39, 0.29) is 6.10 Å². The normalized spacial score (nSPS) is 16.8. The van der Waals surface area contributed by atoms with Gasteiger partial charge in [0.25, 0.3) is 0 Å². The molecule has 5 nitrogen and oxygen atoms in total. The van der Waals surface area contributed by atoms with E-state index in [9.17, 15) is 0 Å². The Balaban J connectivity index is 1.64. The van der Waals surface area contributed by atoms with Crippen molar-refractivity contribution >= 4 is 34.8 Å². The zero-order valence-electron chi connectivity index (χ0n) is 18.6. The number of anilines is 1. The summed E-state index contributed by atoms with van der Waals surface area (Å²) in [7, 11) is 0. The number of hydrogen-bond donors (Lipinski definition) is 0. The van der Waals surface area contributed by atoms with Crippen LogP contribution in [0.1, 0.15) is 32.3 Å². The van der Waals surface area contributed by atoms with Crippen molar-refractivity contribution in [1.29, 1.82) is 0 Å². The molecule has 1 fully saturated rings. The fraction of sp³-hybridized carbons (Fsp3) is 0.360. The largest absolute Gasteiger partial charge is 0.376 e. The molecule has 1 saturated heterocycles. The Hall–Kier alpha value is -2.41. The predicted molar refractivity (Wildman–Crippen MR) is 135 cm³/mol. The van der Waals surface area contributed by atoms with Crippen molar-refractivity contribution in [2.24, 2.45) is 10.1 Å². The lowest BCUT2D eigenvalue weighted by Crippen LogP contribution is -2.21. The highest BCUT2D eigenvalue weighted by Gasteiger charge is 2.15. The molecular formula is C25H29ClN4OS. The minimum atomic E-state index is 0.209. The summed E-state index contributed by atoms with van der Waals surface area (Å²) in [5.41, 5.74) is 4.32. The van der Waals surface area contributed by atoms with Gasteiger partial charge in [-0.3, -0.25) is 4.99 Å². The molecule has 0 spiro atoms. The SMILES string of the molecule is CCN(CC)c1ccc(C=Nn2c(-c3ccc(Cl)cc3)csc2=NCC2CCCO2)cc1. The summed E-state index contributed by atoms with van der Waals surface area (Å²) in [5, 5.41) is 7.63. The fourth-order valence-corrected chi connectivity index (χ4v) is 4.76. The Kier molecular flexibility index (Phi) is 7.79. The van der Waals surface area contributed by atoms with Crippen LogP contribution in [0.3, 0.4) is 0 Å². The van der Waals surface area contributed by atoms with Crippen LogP contribution in [0.2, 0.25) is 5.02 Å². The second-order valence-corrected chi connectivity index (χ2v) is 8.98. The lowest BCUT2D eigenvalue weighted by Gasteiger charge is -2.20. The maximum Gasteiger partial charge on any atom is 0.206 e. The average molecular weight is 469 g/mol. The average Bonchev–Trinajstić information content (AvgIpc) is 3.48. The highest BCUT2D eigenvalue weighted by atomic mass is 35.5. The molecule has 2 heterocycles. The first-order valence-electron chi connectivity index (χ1n) is 11.2. The van der Waals surface area contributed by atoms with Crippen molar-refractivity contribution < 1.29 is 4.74 Å². The van der Waals surface area contributed by atoms with Crippen molar-refractivity contribution in [2.45, 2.75) is 32.8 Å². The van der Waals surface area contributed by atoms with Gasteiger partial charge < -0.3 is 9.64 Å². The van der Waals surface area contributed by atoms with Gasteiger partial charge in [-0.15, -0.1) is 11.3 Å². The molecule has 32 heavy (non-hydrogen) atoms. The standard InChI is InChI=1S/C25H29ClN4OS/c1-3-29(4-2)22-13-7-19(8-14-22)16-28-30-24(20-9-11-21(26)12-10-20)18-32-25(30)27-17-23-6-5-15-31-23/h7-14,16,18,23H,3-6,15,17H2,1-2H3. The van der Waals surface area contributed by atoms with Crippen molar-refractivity contribution in [2.75, 3.05) is 31.1 Å². The smallest absolute Gasteiger partial charge is 0.206 e. The number of hydrogen-bond acceptors (Lipinski definition) is 5. The van der Waals surface area contributed by atoms with Crippen LogP contribution >= 0.6 is 22.9 Å². The molecule has 0 bridgehead atoms. The Morgan fingerprint density at radius 2 is 1.88 bits per heavy atom. The molecule has 1 aliphatic rings.